The van der Waals surface area contributed by atoms with Gasteiger partial charge in [0.1, 0.15) is 16.5 Å². The van der Waals surface area contributed by atoms with Crippen molar-refractivity contribution < 1.29 is 14.3 Å². The topological polar surface area (TPSA) is 60.5 Å². The van der Waals surface area contributed by atoms with Crippen molar-refractivity contribution in [3.63, 3.8) is 0 Å². The molecule has 0 radical (unpaired) electrons. The molecule has 1 atom stereocenters. The molecule has 0 aliphatic heterocycles. The van der Waals surface area contributed by atoms with Crippen LogP contribution in [-0.4, -0.2) is 24.6 Å². The summed E-state index contributed by atoms with van der Waals surface area (Å²) >= 11 is 1.61. The molecule has 164 valence electrons. The van der Waals surface area contributed by atoms with E-state index < -0.39 is 0 Å². The Balaban J connectivity index is 1.45. The molecule has 5 nitrogen and oxygen atoms in total. The molecule has 1 heterocycles. The number of benzene rings is 3. The number of ether oxygens (including phenoxy) is 2. The molecular formula is C26H26N2O3S. The molecule has 3 aromatic carbocycles. The number of methoxy groups -OCH3 is 1. The molecule has 4 rings (SSSR count). The van der Waals surface area contributed by atoms with Gasteiger partial charge in [0.2, 0.25) is 0 Å². The summed E-state index contributed by atoms with van der Waals surface area (Å²) in [6.07, 6.45) is 1.08. The molecule has 0 saturated heterocycles. The van der Waals surface area contributed by atoms with E-state index in [1.165, 1.54) is 5.56 Å². The van der Waals surface area contributed by atoms with E-state index in [4.69, 9.17) is 14.5 Å². The van der Waals surface area contributed by atoms with Gasteiger partial charge in [-0.3, -0.25) is 4.79 Å². The van der Waals surface area contributed by atoms with Crippen LogP contribution in [0.4, 0.5) is 5.69 Å². The van der Waals surface area contributed by atoms with Gasteiger partial charge in [0.25, 0.3) is 5.91 Å². The molecule has 6 heteroatoms. The highest BCUT2D eigenvalue weighted by Gasteiger charge is 2.13. The number of para-hydroxylation sites is 1. The second-order valence-electron chi connectivity index (χ2n) is 7.62. The first-order valence-corrected chi connectivity index (χ1v) is 11.5. The zero-order chi connectivity index (χ0) is 22.5. The number of nitrogens with zero attached hydrogens (tertiary/aromatic N) is 1. The Morgan fingerprint density at radius 2 is 1.88 bits per heavy atom. The number of aromatic nitrogens is 1. The van der Waals surface area contributed by atoms with E-state index in [2.05, 4.69) is 25.2 Å². The summed E-state index contributed by atoms with van der Waals surface area (Å²) < 4.78 is 12.2. The predicted molar refractivity (Wildman–Crippen MR) is 131 cm³/mol. The van der Waals surface area contributed by atoms with Gasteiger partial charge in [0.05, 0.1) is 23.0 Å². The average molecular weight is 447 g/mol. The standard InChI is InChI=1S/C26H26N2O3S/c1-4-17(2)18-9-12-20(13-10-18)31-16-25(29)27-22-15-19(11-14-23(22)30-3)26-28-21-7-5-6-8-24(21)32-26/h5-15,17H,4,16H2,1-3H3,(H,27,29)/t17-/m1/s1. The van der Waals surface area contributed by atoms with E-state index in [9.17, 15) is 4.79 Å². The molecule has 0 spiro atoms. The minimum Gasteiger partial charge on any atom is -0.495 e. The Hall–Kier alpha value is -3.38. The highest BCUT2D eigenvalue weighted by molar-refractivity contribution is 7.21. The van der Waals surface area contributed by atoms with Crippen LogP contribution in [0.15, 0.2) is 66.7 Å². The quantitative estimate of drug-likeness (QED) is 0.335. The minimum absolute atomic E-state index is 0.0861. The summed E-state index contributed by atoms with van der Waals surface area (Å²) in [5, 5.41) is 3.79. The number of rotatable bonds is 8. The number of amides is 1. The van der Waals surface area contributed by atoms with Crippen LogP contribution in [0.1, 0.15) is 31.7 Å². The third-order valence-electron chi connectivity index (χ3n) is 5.45. The lowest BCUT2D eigenvalue weighted by Gasteiger charge is -2.13. The summed E-state index contributed by atoms with van der Waals surface area (Å²) in [6.45, 7) is 4.27. The maximum atomic E-state index is 12.6. The van der Waals surface area contributed by atoms with Gasteiger partial charge in [-0.2, -0.15) is 0 Å². The third kappa shape index (κ3) is 4.92. The first-order valence-electron chi connectivity index (χ1n) is 10.6. The highest BCUT2D eigenvalue weighted by atomic mass is 32.1. The lowest BCUT2D eigenvalue weighted by molar-refractivity contribution is -0.118. The normalized spacial score (nSPS) is 11.8. The number of fused-ring (bicyclic) bond motifs is 1. The van der Waals surface area contributed by atoms with Crippen molar-refractivity contribution in [3.05, 3.63) is 72.3 Å². The Morgan fingerprint density at radius 1 is 1.09 bits per heavy atom. The molecule has 0 saturated carbocycles. The zero-order valence-electron chi connectivity index (χ0n) is 18.4. The number of carbonyl (C=O) groups excluding carboxylic acids is 1. The molecule has 0 fully saturated rings. The maximum Gasteiger partial charge on any atom is 0.262 e. The second kappa shape index (κ2) is 9.83. The summed E-state index contributed by atoms with van der Waals surface area (Å²) in [5.41, 5.74) is 3.73. The predicted octanol–water partition coefficient (Wildman–Crippen LogP) is 6.50. The molecule has 1 amide bonds. The van der Waals surface area contributed by atoms with Gasteiger partial charge >= 0.3 is 0 Å². The summed E-state index contributed by atoms with van der Waals surface area (Å²) in [5.74, 6) is 1.50. The molecule has 0 bridgehead atoms. The molecule has 0 aliphatic carbocycles. The SMILES string of the molecule is CC[C@@H](C)c1ccc(OCC(=O)Nc2cc(-c3nc4ccccc4s3)ccc2OC)cc1. The van der Waals surface area contributed by atoms with Crippen LogP contribution < -0.4 is 14.8 Å². The van der Waals surface area contributed by atoms with Gasteiger partial charge in [-0.05, 0) is 60.4 Å². The van der Waals surface area contributed by atoms with Crippen LogP contribution >= 0.6 is 11.3 Å². The van der Waals surface area contributed by atoms with Gasteiger partial charge in [0, 0.05) is 5.56 Å². The van der Waals surface area contributed by atoms with Crippen LogP contribution in [0.3, 0.4) is 0 Å². The summed E-state index contributed by atoms with van der Waals surface area (Å²) in [4.78, 5) is 17.3. The van der Waals surface area contributed by atoms with Crippen molar-refractivity contribution >= 4 is 33.1 Å². The van der Waals surface area contributed by atoms with Crippen molar-refractivity contribution in [1.82, 2.24) is 4.98 Å². The maximum absolute atomic E-state index is 12.6. The molecule has 0 unspecified atom stereocenters. The number of anilines is 1. The van der Waals surface area contributed by atoms with Gasteiger partial charge in [-0.25, -0.2) is 4.98 Å². The lowest BCUT2D eigenvalue weighted by atomic mass is 9.99. The fourth-order valence-electron chi connectivity index (χ4n) is 3.40. The van der Waals surface area contributed by atoms with Crippen LogP contribution in [0.5, 0.6) is 11.5 Å². The van der Waals surface area contributed by atoms with Gasteiger partial charge in [0.15, 0.2) is 6.61 Å². The number of nitrogens with one attached hydrogen (secondary N) is 1. The molecule has 1 N–H and O–H groups in total. The molecule has 0 aliphatic rings. The fourth-order valence-corrected chi connectivity index (χ4v) is 4.36. The Morgan fingerprint density at radius 3 is 2.59 bits per heavy atom. The monoisotopic (exact) mass is 446 g/mol. The van der Waals surface area contributed by atoms with Crippen LogP contribution in [0, 0.1) is 0 Å². The van der Waals surface area contributed by atoms with E-state index in [1.54, 1.807) is 18.4 Å². The van der Waals surface area contributed by atoms with Gasteiger partial charge in [-0.15, -0.1) is 11.3 Å². The van der Waals surface area contributed by atoms with Crippen LogP contribution in [-0.2, 0) is 4.79 Å². The average Bonchev–Trinajstić information content (AvgIpc) is 3.27. The lowest BCUT2D eigenvalue weighted by Crippen LogP contribution is -2.20. The molecular weight excluding hydrogens is 420 g/mol. The second-order valence-corrected chi connectivity index (χ2v) is 8.65. The van der Waals surface area contributed by atoms with Crippen molar-refractivity contribution in [2.75, 3.05) is 19.0 Å². The highest BCUT2D eigenvalue weighted by Crippen LogP contribution is 2.34. The zero-order valence-corrected chi connectivity index (χ0v) is 19.2. The van der Waals surface area contributed by atoms with E-state index in [0.29, 0.717) is 23.1 Å². The number of hydrogen-bond acceptors (Lipinski definition) is 5. The van der Waals surface area contributed by atoms with E-state index in [-0.39, 0.29) is 12.5 Å². The summed E-state index contributed by atoms with van der Waals surface area (Å²) in [6, 6.07) is 21.6. The summed E-state index contributed by atoms with van der Waals surface area (Å²) in [7, 11) is 1.58. The van der Waals surface area contributed by atoms with Crippen LogP contribution in [0.25, 0.3) is 20.8 Å². The first kappa shape index (κ1) is 21.8. The molecule has 4 aromatic rings. The number of carbonyl (C=O) groups is 1. The fraction of sp³-hybridized carbons (Fsp3) is 0.231. The molecule has 32 heavy (non-hydrogen) atoms. The first-order chi connectivity index (χ1) is 15.6. The van der Waals surface area contributed by atoms with Crippen molar-refractivity contribution in [3.8, 4) is 22.1 Å². The van der Waals surface area contributed by atoms with E-state index in [0.717, 1.165) is 27.2 Å². The third-order valence-corrected chi connectivity index (χ3v) is 6.53. The van der Waals surface area contributed by atoms with Crippen molar-refractivity contribution in [2.24, 2.45) is 0 Å². The largest absolute Gasteiger partial charge is 0.495 e. The van der Waals surface area contributed by atoms with Crippen LogP contribution in [0.2, 0.25) is 0 Å². The minimum atomic E-state index is -0.254. The Bertz CT molecular complexity index is 1180. The number of thiazole rings is 1. The van der Waals surface area contributed by atoms with Crippen molar-refractivity contribution in [2.45, 2.75) is 26.2 Å². The Kier molecular flexibility index (Phi) is 6.71. The van der Waals surface area contributed by atoms with Gasteiger partial charge in [-0.1, -0.05) is 38.1 Å². The van der Waals surface area contributed by atoms with Gasteiger partial charge < -0.3 is 14.8 Å². The van der Waals surface area contributed by atoms with Crippen molar-refractivity contribution in [1.29, 1.82) is 0 Å². The number of hydrogen-bond donors (Lipinski definition) is 1. The van der Waals surface area contributed by atoms with E-state index >= 15 is 0 Å². The van der Waals surface area contributed by atoms with E-state index in [1.807, 2.05) is 60.7 Å². The molecule has 1 aromatic heterocycles. The Labute approximate surface area is 192 Å². The smallest absolute Gasteiger partial charge is 0.262 e.